The standard InChI is InChI=1S/C14H17NO2/c16-14(13-8-4-10-17-13)15-9-3-6-11-5-1-2-7-12(11)15/h1-2,5,7,13H,3-4,6,8-10H2. The number of hydrogen-bond acceptors (Lipinski definition) is 2. The first-order valence-electron chi connectivity index (χ1n) is 6.37. The van der Waals surface area contributed by atoms with Crippen LogP contribution in [0.3, 0.4) is 0 Å². The highest BCUT2D eigenvalue weighted by Gasteiger charge is 2.31. The molecule has 1 fully saturated rings. The third-order valence-corrected chi connectivity index (χ3v) is 3.58. The lowest BCUT2D eigenvalue weighted by atomic mass is 10.0. The van der Waals surface area contributed by atoms with Gasteiger partial charge in [-0.05, 0) is 37.3 Å². The fourth-order valence-electron chi connectivity index (χ4n) is 2.71. The van der Waals surface area contributed by atoms with E-state index in [1.807, 2.05) is 23.1 Å². The van der Waals surface area contributed by atoms with E-state index >= 15 is 0 Å². The number of aryl methyl sites for hydroxylation is 1. The number of para-hydroxylation sites is 1. The Morgan fingerprint density at radius 1 is 1.29 bits per heavy atom. The number of fused-ring (bicyclic) bond motifs is 1. The number of ether oxygens (including phenoxy) is 1. The molecule has 1 saturated heterocycles. The van der Waals surface area contributed by atoms with Gasteiger partial charge in [0.05, 0.1) is 0 Å². The Hall–Kier alpha value is -1.35. The molecule has 0 aliphatic carbocycles. The Kier molecular flexibility index (Phi) is 2.85. The molecular weight excluding hydrogens is 214 g/mol. The van der Waals surface area contributed by atoms with Gasteiger partial charge >= 0.3 is 0 Å². The van der Waals surface area contributed by atoms with Crippen LogP contribution in [-0.4, -0.2) is 25.2 Å². The van der Waals surface area contributed by atoms with Gasteiger partial charge in [0.15, 0.2) is 0 Å². The van der Waals surface area contributed by atoms with Gasteiger partial charge in [-0.2, -0.15) is 0 Å². The zero-order chi connectivity index (χ0) is 11.7. The fourth-order valence-corrected chi connectivity index (χ4v) is 2.71. The number of anilines is 1. The van der Waals surface area contributed by atoms with Crippen molar-refractivity contribution in [1.82, 2.24) is 0 Å². The number of amides is 1. The maximum atomic E-state index is 12.4. The molecule has 90 valence electrons. The molecule has 2 aliphatic heterocycles. The molecule has 1 unspecified atom stereocenters. The minimum Gasteiger partial charge on any atom is -0.368 e. The van der Waals surface area contributed by atoms with Crippen LogP contribution in [0.5, 0.6) is 0 Å². The Morgan fingerprint density at radius 3 is 3.00 bits per heavy atom. The number of carbonyl (C=O) groups is 1. The second-order valence-electron chi connectivity index (χ2n) is 4.72. The van der Waals surface area contributed by atoms with Crippen LogP contribution in [0, 0.1) is 0 Å². The van der Waals surface area contributed by atoms with E-state index in [2.05, 4.69) is 6.07 Å². The highest BCUT2D eigenvalue weighted by molar-refractivity contribution is 5.97. The molecule has 0 bridgehead atoms. The first kappa shape index (κ1) is 10.8. The van der Waals surface area contributed by atoms with Crippen LogP contribution in [0.15, 0.2) is 24.3 Å². The summed E-state index contributed by atoms with van der Waals surface area (Å²) in [5, 5.41) is 0. The summed E-state index contributed by atoms with van der Waals surface area (Å²) in [6, 6.07) is 8.20. The van der Waals surface area contributed by atoms with Gasteiger partial charge in [0.25, 0.3) is 5.91 Å². The van der Waals surface area contributed by atoms with E-state index < -0.39 is 0 Å². The predicted molar refractivity (Wildman–Crippen MR) is 66.1 cm³/mol. The number of hydrogen-bond donors (Lipinski definition) is 0. The monoisotopic (exact) mass is 231 g/mol. The molecule has 1 atom stereocenters. The summed E-state index contributed by atoms with van der Waals surface area (Å²) in [5.74, 6) is 0.148. The second-order valence-corrected chi connectivity index (χ2v) is 4.72. The van der Waals surface area contributed by atoms with Crippen LogP contribution in [-0.2, 0) is 16.0 Å². The van der Waals surface area contributed by atoms with Crippen LogP contribution < -0.4 is 4.90 Å². The molecule has 3 heteroatoms. The molecule has 0 aromatic heterocycles. The number of benzene rings is 1. The van der Waals surface area contributed by atoms with Crippen molar-refractivity contribution in [2.75, 3.05) is 18.1 Å². The molecule has 1 aromatic rings. The SMILES string of the molecule is O=C(C1CCCO1)N1CCCc2ccccc21. The highest BCUT2D eigenvalue weighted by atomic mass is 16.5. The molecular formula is C14H17NO2. The van der Waals surface area contributed by atoms with E-state index in [0.29, 0.717) is 0 Å². The lowest BCUT2D eigenvalue weighted by Crippen LogP contribution is -2.41. The first-order chi connectivity index (χ1) is 8.36. The Balaban J connectivity index is 1.86. The molecule has 3 rings (SSSR count). The first-order valence-corrected chi connectivity index (χ1v) is 6.37. The number of carbonyl (C=O) groups excluding carboxylic acids is 1. The highest BCUT2D eigenvalue weighted by Crippen LogP contribution is 2.28. The van der Waals surface area contributed by atoms with Crippen LogP contribution in [0.1, 0.15) is 24.8 Å². The second kappa shape index (κ2) is 4.49. The Morgan fingerprint density at radius 2 is 2.18 bits per heavy atom. The summed E-state index contributed by atoms with van der Waals surface area (Å²) in [7, 11) is 0. The topological polar surface area (TPSA) is 29.5 Å². The van der Waals surface area contributed by atoms with Crippen molar-refractivity contribution in [3.8, 4) is 0 Å². The quantitative estimate of drug-likeness (QED) is 0.741. The largest absolute Gasteiger partial charge is 0.368 e. The van der Waals surface area contributed by atoms with Crippen molar-refractivity contribution in [2.24, 2.45) is 0 Å². The van der Waals surface area contributed by atoms with Crippen molar-refractivity contribution < 1.29 is 9.53 Å². The molecule has 0 radical (unpaired) electrons. The molecule has 1 amide bonds. The van der Waals surface area contributed by atoms with E-state index in [1.54, 1.807) is 0 Å². The minimum absolute atomic E-state index is 0.148. The van der Waals surface area contributed by atoms with Crippen LogP contribution in [0.4, 0.5) is 5.69 Å². The van der Waals surface area contributed by atoms with Crippen molar-refractivity contribution in [3.63, 3.8) is 0 Å². The fraction of sp³-hybridized carbons (Fsp3) is 0.500. The molecule has 0 saturated carbocycles. The summed E-state index contributed by atoms with van der Waals surface area (Å²) in [5.41, 5.74) is 2.37. The molecule has 0 spiro atoms. The number of nitrogens with zero attached hydrogens (tertiary/aromatic N) is 1. The molecule has 2 heterocycles. The number of rotatable bonds is 1. The van der Waals surface area contributed by atoms with E-state index in [-0.39, 0.29) is 12.0 Å². The molecule has 1 aromatic carbocycles. The van der Waals surface area contributed by atoms with Crippen molar-refractivity contribution in [3.05, 3.63) is 29.8 Å². The maximum Gasteiger partial charge on any atom is 0.256 e. The molecule has 17 heavy (non-hydrogen) atoms. The summed E-state index contributed by atoms with van der Waals surface area (Å²) >= 11 is 0. The lowest BCUT2D eigenvalue weighted by Gasteiger charge is -2.31. The van der Waals surface area contributed by atoms with Crippen molar-refractivity contribution in [1.29, 1.82) is 0 Å². The zero-order valence-corrected chi connectivity index (χ0v) is 9.89. The molecule has 0 N–H and O–H groups in total. The smallest absolute Gasteiger partial charge is 0.256 e. The minimum atomic E-state index is -0.207. The van der Waals surface area contributed by atoms with Gasteiger partial charge in [0.1, 0.15) is 6.10 Å². The van der Waals surface area contributed by atoms with Gasteiger partial charge < -0.3 is 9.64 Å². The molecule has 3 nitrogen and oxygen atoms in total. The lowest BCUT2D eigenvalue weighted by molar-refractivity contribution is -0.127. The summed E-state index contributed by atoms with van der Waals surface area (Å²) < 4.78 is 5.49. The van der Waals surface area contributed by atoms with E-state index in [0.717, 1.165) is 44.5 Å². The maximum absolute atomic E-state index is 12.4. The average molecular weight is 231 g/mol. The summed E-state index contributed by atoms with van der Waals surface area (Å²) in [4.78, 5) is 14.3. The Bertz CT molecular complexity index is 424. The predicted octanol–water partition coefficient (Wildman–Crippen LogP) is 2.14. The van der Waals surface area contributed by atoms with Crippen LogP contribution in [0.2, 0.25) is 0 Å². The third kappa shape index (κ3) is 1.95. The van der Waals surface area contributed by atoms with Gasteiger partial charge in [-0.25, -0.2) is 0 Å². The van der Waals surface area contributed by atoms with Crippen molar-refractivity contribution >= 4 is 11.6 Å². The van der Waals surface area contributed by atoms with Crippen molar-refractivity contribution in [2.45, 2.75) is 31.8 Å². The van der Waals surface area contributed by atoms with Crippen LogP contribution in [0.25, 0.3) is 0 Å². The van der Waals surface area contributed by atoms with Gasteiger partial charge in [-0.1, -0.05) is 18.2 Å². The Labute approximate surface area is 101 Å². The van der Waals surface area contributed by atoms with Gasteiger partial charge in [0, 0.05) is 18.8 Å². The van der Waals surface area contributed by atoms with Crippen LogP contribution >= 0.6 is 0 Å². The van der Waals surface area contributed by atoms with E-state index in [4.69, 9.17) is 4.74 Å². The summed E-state index contributed by atoms with van der Waals surface area (Å²) in [6.45, 7) is 1.56. The summed E-state index contributed by atoms with van der Waals surface area (Å²) in [6.07, 6.45) is 3.80. The average Bonchev–Trinajstić information content (AvgIpc) is 2.91. The van der Waals surface area contributed by atoms with Gasteiger partial charge in [0.2, 0.25) is 0 Å². The van der Waals surface area contributed by atoms with E-state index in [9.17, 15) is 4.79 Å². The third-order valence-electron chi connectivity index (χ3n) is 3.58. The van der Waals surface area contributed by atoms with Gasteiger partial charge in [-0.15, -0.1) is 0 Å². The molecule has 2 aliphatic rings. The van der Waals surface area contributed by atoms with Gasteiger partial charge in [-0.3, -0.25) is 4.79 Å². The van der Waals surface area contributed by atoms with E-state index in [1.165, 1.54) is 5.56 Å². The normalized spacial score (nSPS) is 23.5. The zero-order valence-electron chi connectivity index (χ0n) is 9.89.